The Labute approximate surface area is 299 Å². The minimum Gasteiger partial charge on any atom is -0.352 e. The van der Waals surface area contributed by atoms with Crippen LogP contribution in [0.15, 0.2) is 96.2 Å². The van der Waals surface area contributed by atoms with E-state index in [-0.39, 0.29) is 39.7 Å². The van der Waals surface area contributed by atoms with Gasteiger partial charge in [-0.1, -0.05) is 60.1 Å². The molecule has 8 rings (SSSR count). The van der Waals surface area contributed by atoms with E-state index < -0.39 is 22.1 Å². The number of hydrogen-bond acceptors (Lipinski definition) is 9. The topological polar surface area (TPSA) is 155 Å². The molecular weight excluding hydrogens is 690 g/mol. The molecule has 12 nitrogen and oxygen atoms in total. The number of carbonyl (C=O) groups is 3. The largest absolute Gasteiger partial charge is 0.352 e. The third-order valence-corrected chi connectivity index (χ3v) is 11.9. The number of carbonyl (C=O) groups excluding carboxylic acids is 3. The van der Waals surface area contributed by atoms with Gasteiger partial charge in [0, 0.05) is 35.8 Å². The van der Waals surface area contributed by atoms with Gasteiger partial charge in [0.05, 0.1) is 50.5 Å². The maximum atomic E-state index is 13.7. The van der Waals surface area contributed by atoms with Crippen LogP contribution in [0.4, 0.5) is 5.95 Å². The molecule has 2 aliphatic heterocycles. The summed E-state index contributed by atoms with van der Waals surface area (Å²) in [4.78, 5) is 49.9. The van der Waals surface area contributed by atoms with Gasteiger partial charge in [-0.15, -0.1) is 0 Å². The zero-order valence-electron chi connectivity index (χ0n) is 27.3. The lowest BCUT2D eigenvalue weighted by atomic mass is 9.90. The van der Waals surface area contributed by atoms with Gasteiger partial charge in [-0.2, -0.15) is 0 Å². The summed E-state index contributed by atoms with van der Waals surface area (Å²) in [7, 11) is -3.90. The Kier molecular flexibility index (Phi) is 8.57. The van der Waals surface area contributed by atoms with Gasteiger partial charge in [-0.05, 0) is 62.4 Å². The van der Waals surface area contributed by atoms with Crippen LogP contribution in [-0.4, -0.2) is 75.7 Å². The molecule has 4 heterocycles. The number of rotatable bonds is 8. The molecule has 4 atom stereocenters. The van der Waals surface area contributed by atoms with Crippen LogP contribution >= 0.6 is 11.6 Å². The summed E-state index contributed by atoms with van der Waals surface area (Å²) in [5, 5.41) is 10.7. The predicted octanol–water partition coefficient (Wildman–Crippen LogP) is 4.85. The quantitative estimate of drug-likeness (QED) is 0.191. The van der Waals surface area contributed by atoms with Gasteiger partial charge in [0.2, 0.25) is 11.9 Å². The molecule has 3 N–H and O–H groups in total. The first-order valence-electron chi connectivity index (χ1n) is 16.9. The number of benzene rings is 3. The van der Waals surface area contributed by atoms with Crippen molar-refractivity contribution in [2.45, 2.75) is 61.2 Å². The molecular formula is C37H34ClN7O5S. The number of imide groups is 1. The Morgan fingerprint density at radius 2 is 1.55 bits per heavy atom. The lowest BCUT2D eigenvalue weighted by Gasteiger charge is -2.31. The second kappa shape index (κ2) is 13.2. The Morgan fingerprint density at radius 1 is 0.863 bits per heavy atom. The number of aromatic nitrogens is 3. The number of halogens is 1. The van der Waals surface area contributed by atoms with E-state index >= 15 is 0 Å². The normalized spacial score (nSPS) is 21.9. The summed E-state index contributed by atoms with van der Waals surface area (Å²) in [5.41, 5.74) is 2.25. The van der Waals surface area contributed by atoms with Crippen molar-refractivity contribution in [2.24, 2.45) is 0 Å². The monoisotopic (exact) mass is 723 g/mol. The first-order valence-corrected chi connectivity index (χ1v) is 18.7. The molecule has 3 aliphatic rings. The highest BCUT2D eigenvalue weighted by atomic mass is 35.5. The van der Waals surface area contributed by atoms with E-state index in [0.29, 0.717) is 58.6 Å². The third-order valence-electron chi connectivity index (χ3n) is 9.95. The van der Waals surface area contributed by atoms with Crippen molar-refractivity contribution < 1.29 is 22.8 Å². The van der Waals surface area contributed by atoms with Crippen molar-refractivity contribution in [3.05, 3.63) is 107 Å². The van der Waals surface area contributed by atoms with E-state index in [0.717, 1.165) is 19.3 Å². The molecule has 0 radical (unpaired) electrons. The summed E-state index contributed by atoms with van der Waals surface area (Å²) >= 11 is 6.64. The van der Waals surface area contributed by atoms with Crippen LogP contribution in [0.1, 0.15) is 52.8 Å². The molecule has 0 bridgehead atoms. The van der Waals surface area contributed by atoms with Crippen LogP contribution in [0.25, 0.3) is 22.2 Å². The zero-order chi connectivity index (χ0) is 35.3. The van der Waals surface area contributed by atoms with E-state index in [1.165, 1.54) is 15.1 Å². The number of amides is 3. The molecule has 2 fully saturated rings. The van der Waals surface area contributed by atoms with Crippen molar-refractivity contribution in [2.75, 3.05) is 11.9 Å². The SMILES string of the molecule is O=C(N[C@H]1CCC[C@@H](Nc2ncc(Cl)c(-c3cn(S(=O)(=O)c4ccccc4)c4ccccc34)n2)C1)[C@@H]1C[C@H](N2C(=O)c3ccccc3C2=O)CN1. The highest BCUT2D eigenvalue weighted by molar-refractivity contribution is 7.90. The average Bonchev–Trinajstić information content (AvgIpc) is 3.85. The van der Waals surface area contributed by atoms with Crippen LogP contribution in [0.5, 0.6) is 0 Å². The van der Waals surface area contributed by atoms with Gasteiger partial charge in [-0.25, -0.2) is 22.4 Å². The maximum Gasteiger partial charge on any atom is 0.268 e. The van der Waals surface area contributed by atoms with E-state index in [2.05, 4.69) is 20.9 Å². The van der Waals surface area contributed by atoms with Crippen molar-refractivity contribution in [1.29, 1.82) is 0 Å². The first kappa shape index (κ1) is 33.1. The summed E-state index contributed by atoms with van der Waals surface area (Å²) < 4.78 is 28.6. The van der Waals surface area contributed by atoms with Crippen molar-refractivity contribution >= 4 is 56.2 Å². The van der Waals surface area contributed by atoms with E-state index in [1.807, 2.05) is 12.1 Å². The lowest BCUT2D eigenvalue weighted by Crippen LogP contribution is -2.48. The smallest absolute Gasteiger partial charge is 0.268 e. The van der Waals surface area contributed by atoms with Gasteiger partial charge >= 0.3 is 0 Å². The number of para-hydroxylation sites is 1. The average molecular weight is 724 g/mol. The molecule has 5 aromatic rings. The van der Waals surface area contributed by atoms with Gasteiger partial charge in [-0.3, -0.25) is 19.3 Å². The summed E-state index contributed by atoms with van der Waals surface area (Å²) in [6.45, 7) is 0.353. The second-order valence-electron chi connectivity index (χ2n) is 13.2. The van der Waals surface area contributed by atoms with Gasteiger partial charge in [0.1, 0.15) is 0 Å². The van der Waals surface area contributed by atoms with Crippen molar-refractivity contribution in [3.63, 3.8) is 0 Å². The zero-order valence-corrected chi connectivity index (χ0v) is 28.9. The Bertz CT molecular complexity index is 2260. The minimum atomic E-state index is -3.90. The maximum absolute atomic E-state index is 13.7. The molecule has 51 heavy (non-hydrogen) atoms. The van der Waals surface area contributed by atoms with Crippen LogP contribution in [0, 0.1) is 0 Å². The molecule has 2 aromatic heterocycles. The first-order chi connectivity index (χ1) is 24.7. The third kappa shape index (κ3) is 6.04. The van der Waals surface area contributed by atoms with E-state index in [4.69, 9.17) is 16.6 Å². The summed E-state index contributed by atoms with van der Waals surface area (Å²) in [5.74, 6) is -0.456. The molecule has 260 valence electrons. The predicted molar refractivity (Wildman–Crippen MR) is 192 cm³/mol. The van der Waals surface area contributed by atoms with Crippen molar-refractivity contribution in [3.8, 4) is 11.3 Å². The molecule has 0 spiro atoms. The van der Waals surface area contributed by atoms with Crippen LogP contribution < -0.4 is 16.0 Å². The standard InChI is InChI=1S/C37H34ClN7O5S/c38-30-20-40-37(43-33(30)29-21-44(32-16-7-6-13-26(29)32)51(49,50)25-11-2-1-3-12-25)42-23-10-8-9-22(17-23)41-34(46)31-18-24(19-39-31)45-35(47)27-14-4-5-15-28(27)36(45)48/h1-7,11-16,20-24,31,39H,8-10,17-19H2,(H,41,46)(H,40,42,43)/t22-,23+,24-,31-/m0/s1. The molecule has 1 saturated carbocycles. The van der Waals surface area contributed by atoms with E-state index in [1.54, 1.807) is 72.9 Å². The molecule has 0 unspecified atom stereocenters. The summed E-state index contributed by atoms with van der Waals surface area (Å²) in [6.07, 6.45) is 6.54. The molecule has 14 heteroatoms. The van der Waals surface area contributed by atoms with Crippen LogP contribution in [0.3, 0.4) is 0 Å². The Hall–Kier alpha value is -5.11. The van der Waals surface area contributed by atoms with Gasteiger partial charge in [0.25, 0.3) is 21.8 Å². The molecule has 1 aliphatic carbocycles. The highest BCUT2D eigenvalue weighted by Gasteiger charge is 2.44. The Balaban J connectivity index is 0.948. The molecule has 3 amide bonds. The number of anilines is 1. The highest BCUT2D eigenvalue weighted by Crippen LogP contribution is 2.36. The van der Waals surface area contributed by atoms with Crippen LogP contribution in [0.2, 0.25) is 5.02 Å². The molecule has 3 aromatic carbocycles. The van der Waals surface area contributed by atoms with Gasteiger partial charge in [0.15, 0.2) is 0 Å². The lowest BCUT2D eigenvalue weighted by molar-refractivity contribution is -0.123. The number of fused-ring (bicyclic) bond motifs is 2. The number of nitrogens with zero attached hydrogens (tertiary/aromatic N) is 4. The number of hydrogen-bond donors (Lipinski definition) is 3. The molecule has 1 saturated heterocycles. The van der Waals surface area contributed by atoms with Gasteiger partial charge < -0.3 is 16.0 Å². The second-order valence-corrected chi connectivity index (χ2v) is 15.4. The fourth-order valence-corrected chi connectivity index (χ4v) is 9.04. The Morgan fingerprint density at radius 3 is 2.31 bits per heavy atom. The summed E-state index contributed by atoms with van der Waals surface area (Å²) in [6, 6.07) is 21.2. The van der Waals surface area contributed by atoms with Crippen LogP contribution in [-0.2, 0) is 14.8 Å². The minimum absolute atomic E-state index is 0.0412. The fraction of sp³-hybridized carbons (Fsp3) is 0.270. The number of nitrogens with one attached hydrogen (secondary N) is 3. The fourth-order valence-electron chi connectivity index (χ4n) is 7.46. The van der Waals surface area contributed by atoms with Crippen molar-refractivity contribution in [1.82, 2.24) is 29.5 Å². The van der Waals surface area contributed by atoms with E-state index in [9.17, 15) is 22.8 Å².